The van der Waals surface area contributed by atoms with Crippen molar-refractivity contribution in [3.05, 3.63) is 76.1 Å². The molecule has 0 aliphatic rings. The van der Waals surface area contributed by atoms with Crippen LogP contribution >= 0.6 is 11.6 Å². The van der Waals surface area contributed by atoms with E-state index in [1.165, 1.54) is 12.1 Å². The molecule has 3 rings (SSSR count). The Labute approximate surface area is 125 Å². The zero-order valence-corrected chi connectivity index (χ0v) is 11.6. The van der Waals surface area contributed by atoms with Gasteiger partial charge in [-0.05, 0) is 23.8 Å². The van der Waals surface area contributed by atoms with Gasteiger partial charge < -0.3 is 0 Å². The zero-order valence-electron chi connectivity index (χ0n) is 10.8. The maximum atomic E-state index is 10.8. The molecule has 21 heavy (non-hydrogen) atoms. The Kier molecular flexibility index (Phi) is 3.41. The van der Waals surface area contributed by atoms with Crippen LogP contribution in [-0.2, 0) is 0 Å². The van der Waals surface area contributed by atoms with E-state index in [0.717, 1.165) is 11.1 Å². The second-order valence-electron chi connectivity index (χ2n) is 4.46. The molecule has 5 nitrogen and oxygen atoms in total. The molecule has 0 atom stereocenters. The molecule has 0 amide bonds. The normalized spacial score (nSPS) is 10.5. The van der Waals surface area contributed by atoms with Gasteiger partial charge >= 0.3 is 0 Å². The first-order chi connectivity index (χ1) is 10.1. The number of aromatic nitrogens is 2. The van der Waals surface area contributed by atoms with Gasteiger partial charge in [0.05, 0.1) is 16.8 Å². The van der Waals surface area contributed by atoms with Gasteiger partial charge in [0, 0.05) is 28.9 Å². The number of nitro groups is 1. The smallest absolute Gasteiger partial charge is 0.258 e. The molecule has 0 spiro atoms. The van der Waals surface area contributed by atoms with E-state index >= 15 is 0 Å². The van der Waals surface area contributed by atoms with Crippen molar-refractivity contribution in [1.29, 1.82) is 0 Å². The minimum atomic E-state index is -0.424. The molecule has 0 unspecified atom stereocenters. The van der Waals surface area contributed by atoms with Gasteiger partial charge in [0.1, 0.15) is 0 Å². The molecule has 0 saturated carbocycles. The highest BCUT2D eigenvalue weighted by Gasteiger charge is 2.08. The molecule has 0 saturated heterocycles. The molecule has 104 valence electrons. The zero-order chi connectivity index (χ0) is 14.8. The quantitative estimate of drug-likeness (QED) is 0.540. The van der Waals surface area contributed by atoms with Gasteiger partial charge in [-0.3, -0.25) is 10.1 Å². The minimum Gasteiger partial charge on any atom is -0.258 e. The monoisotopic (exact) mass is 299 g/mol. The lowest BCUT2D eigenvalue weighted by atomic mass is 10.1. The summed E-state index contributed by atoms with van der Waals surface area (Å²) in [5.74, 6) is 0. The largest absolute Gasteiger partial charge is 0.271 e. The van der Waals surface area contributed by atoms with Crippen molar-refractivity contribution in [3.63, 3.8) is 0 Å². The third-order valence-corrected chi connectivity index (χ3v) is 3.32. The highest BCUT2D eigenvalue weighted by Crippen LogP contribution is 2.23. The van der Waals surface area contributed by atoms with Crippen LogP contribution in [0.25, 0.3) is 16.8 Å². The maximum absolute atomic E-state index is 10.8. The van der Waals surface area contributed by atoms with E-state index in [4.69, 9.17) is 11.6 Å². The lowest BCUT2D eigenvalue weighted by Crippen LogP contribution is -1.95. The molecular formula is C15H10ClN3O2. The van der Waals surface area contributed by atoms with Crippen LogP contribution in [0.3, 0.4) is 0 Å². The number of nitrogens with zero attached hydrogens (tertiary/aromatic N) is 3. The molecule has 0 aliphatic carbocycles. The third kappa shape index (κ3) is 2.78. The Morgan fingerprint density at radius 2 is 1.86 bits per heavy atom. The minimum absolute atomic E-state index is 0.0380. The average Bonchev–Trinajstić information content (AvgIpc) is 2.98. The number of non-ortho nitro benzene ring substituents is 1. The van der Waals surface area contributed by atoms with Crippen molar-refractivity contribution >= 4 is 17.3 Å². The Morgan fingerprint density at radius 1 is 1.10 bits per heavy atom. The van der Waals surface area contributed by atoms with E-state index < -0.39 is 4.92 Å². The first kappa shape index (κ1) is 13.3. The van der Waals surface area contributed by atoms with Crippen LogP contribution in [0, 0.1) is 10.1 Å². The van der Waals surface area contributed by atoms with Gasteiger partial charge in [0.25, 0.3) is 5.69 Å². The van der Waals surface area contributed by atoms with Gasteiger partial charge in [0.15, 0.2) is 0 Å². The van der Waals surface area contributed by atoms with Gasteiger partial charge in [-0.2, -0.15) is 5.10 Å². The Balaban J connectivity index is 1.96. The second kappa shape index (κ2) is 5.38. The van der Waals surface area contributed by atoms with Crippen LogP contribution in [0.2, 0.25) is 5.02 Å². The summed E-state index contributed by atoms with van der Waals surface area (Å²) in [7, 11) is 0. The summed E-state index contributed by atoms with van der Waals surface area (Å²) in [5.41, 5.74) is 2.58. The summed E-state index contributed by atoms with van der Waals surface area (Å²) < 4.78 is 1.61. The van der Waals surface area contributed by atoms with Crippen molar-refractivity contribution in [2.45, 2.75) is 0 Å². The average molecular weight is 300 g/mol. The topological polar surface area (TPSA) is 61.0 Å². The Morgan fingerprint density at radius 3 is 2.57 bits per heavy atom. The van der Waals surface area contributed by atoms with Crippen LogP contribution in [0.5, 0.6) is 0 Å². The molecule has 0 fully saturated rings. The summed E-state index contributed by atoms with van der Waals surface area (Å²) in [6, 6.07) is 13.8. The van der Waals surface area contributed by atoms with Crippen LogP contribution in [0.15, 0.2) is 60.9 Å². The van der Waals surface area contributed by atoms with Gasteiger partial charge in [-0.25, -0.2) is 4.68 Å². The van der Waals surface area contributed by atoms with Crippen molar-refractivity contribution < 1.29 is 4.92 Å². The molecule has 1 heterocycles. The Bertz CT molecular complexity index is 797. The third-order valence-electron chi connectivity index (χ3n) is 3.07. The first-order valence-electron chi connectivity index (χ1n) is 6.19. The summed E-state index contributed by atoms with van der Waals surface area (Å²) in [6.45, 7) is 0. The number of hydrogen-bond donors (Lipinski definition) is 0. The van der Waals surface area contributed by atoms with Gasteiger partial charge in [0.2, 0.25) is 0 Å². The van der Waals surface area contributed by atoms with E-state index in [-0.39, 0.29) is 5.69 Å². The Hall–Kier alpha value is -2.66. The lowest BCUT2D eigenvalue weighted by Gasteiger charge is -2.00. The summed E-state index contributed by atoms with van der Waals surface area (Å²) >= 11 is 5.86. The number of hydrogen-bond acceptors (Lipinski definition) is 3. The standard InChI is InChI=1S/C15H10ClN3O2/c16-13-6-4-11(5-7-13)12-9-17-18(10-12)14-2-1-3-15(8-14)19(20)21/h1-10H. The van der Waals surface area contributed by atoms with E-state index in [1.54, 1.807) is 23.0 Å². The summed E-state index contributed by atoms with van der Waals surface area (Å²) in [5, 5.41) is 15.7. The van der Waals surface area contributed by atoms with Crippen molar-refractivity contribution in [2.75, 3.05) is 0 Å². The predicted octanol–water partition coefficient (Wildman–Crippen LogP) is 4.10. The van der Waals surface area contributed by atoms with Crippen LogP contribution in [0.4, 0.5) is 5.69 Å². The van der Waals surface area contributed by atoms with Crippen molar-refractivity contribution in [1.82, 2.24) is 9.78 Å². The van der Waals surface area contributed by atoms with E-state index in [0.29, 0.717) is 10.7 Å². The molecule has 0 radical (unpaired) electrons. The van der Waals surface area contributed by atoms with E-state index in [9.17, 15) is 10.1 Å². The highest BCUT2D eigenvalue weighted by atomic mass is 35.5. The summed E-state index contributed by atoms with van der Waals surface area (Å²) in [6.07, 6.45) is 3.53. The molecule has 0 bridgehead atoms. The van der Waals surface area contributed by atoms with Crippen molar-refractivity contribution in [2.24, 2.45) is 0 Å². The van der Waals surface area contributed by atoms with Gasteiger partial charge in [-0.15, -0.1) is 0 Å². The van der Waals surface area contributed by atoms with Crippen LogP contribution < -0.4 is 0 Å². The van der Waals surface area contributed by atoms with Crippen molar-refractivity contribution in [3.8, 4) is 16.8 Å². The fourth-order valence-corrected chi connectivity index (χ4v) is 2.13. The number of rotatable bonds is 3. The molecule has 2 aromatic carbocycles. The lowest BCUT2D eigenvalue weighted by molar-refractivity contribution is -0.384. The molecule has 3 aromatic rings. The highest BCUT2D eigenvalue weighted by molar-refractivity contribution is 6.30. The SMILES string of the molecule is O=[N+]([O-])c1cccc(-n2cc(-c3ccc(Cl)cc3)cn2)c1. The predicted molar refractivity (Wildman–Crippen MR) is 80.7 cm³/mol. The number of benzene rings is 2. The number of nitro benzene ring substituents is 1. The second-order valence-corrected chi connectivity index (χ2v) is 4.89. The van der Waals surface area contributed by atoms with Crippen LogP contribution in [0.1, 0.15) is 0 Å². The number of halogens is 1. The van der Waals surface area contributed by atoms with Crippen LogP contribution in [-0.4, -0.2) is 14.7 Å². The first-order valence-corrected chi connectivity index (χ1v) is 6.57. The van der Waals surface area contributed by atoms with E-state index in [2.05, 4.69) is 5.10 Å². The fraction of sp³-hybridized carbons (Fsp3) is 0. The molecule has 1 aromatic heterocycles. The van der Waals surface area contributed by atoms with Gasteiger partial charge in [-0.1, -0.05) is 29.8 Å². The molecular weight excluding hydrogens is 290 g/mol. The molecule has 0 aliphatic heterocycles. The summed E-state index contributed by atoms with van der Waals surface area (Å²) in [4.78, 5) is 10.4. The molecule has 0 N–H and O–H groups in total. The maximum Gasteiger partial charge on any atom is 0.271 e. The molecule has 6 heteroatoms. The fourth-order valence-electron chi connectivity index (χ4n) is 2.00. The van der Waals surface area contributed by atoms with E-state index in [1.807, 2.05) is 30.5 Å².